The summed E-state index contributed by atoms with van der Waals surface area (Å²) in [6, 6.07) is 7.03. The van der Waals surface area contributed by atoms with Gasteiger partial charge in [0.2, 0.25) is 0 Å². The topological polar surface area (TPSA) is 35.5 Å². The van der Waals surface area contributed by atoms with E-state index in [1.165, 1.54) is 12.5 Å². The van der Waals surface area contributed by atoms with E-state index in [4.69, 9.17) is 0 Å². The van der Waals surface area contributed by atoms with E-state index in [1.54, 1.807) is 12.1 Å². The molecular formula is C17H25FN2O. The minimum Gasteiger partial charge on any atom is -0.393 e. The molecule has 4 unspecified atom stereocenters. The lowest BCUT2D eigenvalue weighted by Crippen LogP contribution is -2.29. The number of aliphatic hydroxyl groups is 1. The predicted molar refractivity (Wildman–Crippen MR) is 81.5 cm³/mol. The summed E-state index contributed by atoms with van der Waals surface area (Å²) in [6.45, 7) is 3.13. The zero-order valence-corrected chi connectivity index (χ0v) is 12.6. The lowest BCUT2D eigenvalue weighted by molar-refractivity contribution is 0.124. The van der Waals surface area contributed by atoms with E-state index in [9.17, 15) is 9.50 Å². The summed E-state index contributed by atoms with van der Waals surface area (Å²) in [5.74, 6) is 0.987. The summed E-state index contributed by atoms with van der Waals surface area (Å²) >= 11 is 0. The summed E-state index contributed by atoms with van der Waals surface area (Å²) in [5, 5.41) is 13.3. The Bertz CT molecular complexity index is 482. The van der Waals surface area contributed by atoms with Crippen LogP contribution in [0.25, 0.3) is 0 Å². The highest BCUT2D eigenvalue weighted by molar-refractivity contribution is 5.20. The lowest BCUT2D eigenvalue weighted by atomic mass is 10.00. The van der Waals surface area contributed by atoms with Gasteiger partial charge in [-0.2, -0.15) is 0 Å². The van der Waals surface area contributed by atoms with Crippen LogP contribution in [-0.2, 0) is 0 Å². The fourth-order valence-electron chi connectivity index (χ4n) is 4.02. The van der Waals surface area contributed by atoms with E-state index in [-0.39, 0.29) is 18.0 Å². The molecule has 0 aromatic heterocycles. The normalized spacial score (nSPS) is 30.5. The van der Waals surface area contributed by atoms with Gasteiger partial charge in [-0.25, -0.2) is 4.39 Å². The first-order valence-electron chi connectivity index (χ1n) is 8.00. The molecule has 0 radical (unpaired) electrons. The first kappa shape index (κ1) is 14.9. The SMILES string of the molecule is CNC(CCN1CC2CCC(O)C2C1)c1cccc(F)c1. The zero-order valence-electron chi connectivity index (χ0n) is 12.6. The van der Waals surface area contributed by atoms with Crippen molar-refractivity contribution in [2.45, 2.75) is 31.4 Å². The smallest absolute Gasteiger partial charge is 0.123 e. The molecule has 1 heterocycles. The summed E-state index contributed by atoms with van der Waals surface area (Å²) in [7, 11) is 1.93. The van der Waals surface area contributed by atoms with E-state index in [0.29, 0.717) is 11.8 Å². The molecule has 21 heavy (non-hydrogen) atoms. The second kappa shape index (κ2) is 6.42. The third-order valence-electron chi connectivity index (χ3n) is 5.23. The Morgan fingerprint density at radius 3 is 2.95 bits per heavy atom. The number of rotatable bonds is 5. The Labute approximate surface area is 126 Å². The van der Waals surface area contributed by atoms with Gasteiger partial charge in [0.25, 0.3) is 0 Å². The van der Waals surface area contributed by atoms with Crippen LogP contribution in [0.4, 0.5) is 4.39 Å². The van der Waals surface area contributed by atoms with Crippen LogP contribution in [0, 0.1) is 17.7 Å². The standard InChI is InChI=1S/C17H25FN2O/c1-19-16(12-3-2-4-14(18)9-12)7-8-20-10-13-5-6-17(21)15(13)11-20/h2-4,9,13,15-17,19,21H,5-8,10-11H2,1H3. The number of likely N-dealkylation sites (tertiary alicyclic amines) is 1. The number of benzene rings is 1. The molecule has 3 rings (SSSR count). The van der Waals surface area contributed by atoms with Gasteiger partial charge in [0, 0.05) is 25.0 Å². The molecule has 4 atom stereocenters. The Morgan fingerprint density at radius 2 is 2.24 bits per heavy atom. The second-order valence-corrected chi connectivity index (χ2v) is 6.51. The van der Waals surface area contributed by atoms with Crippen LogP contribution in [0.5, 0.6) is 0 Å². The Balaban J connectivity index is 1.54. The van der Waals surface area contributed by atoms with Crippen LogP contribution < -0.4 is 5.32 Å². The van der Waals surface area contributed by atoms with Gasteiger partial charge in [-0.3, -0.25) is 0 Å². The molecule has 1 saturated heterocycles. The lowest BCUT2D eigenvalue weighted by Gasteiger charge is -2.22. The van der Waals surface area contributed by atoms with Crippen LogP contribution >= 0.6 is 0 Å². The Kier molecular flexibility index (Phi) is 4.57. The molecule has 2 fully saturated rings. The third kappa shape index (κ3) is 3.28. The van der Waals surface area contributed by atoms with Gasteiger partial charge in [-0.1, -0.05) is 12.1 Å². The van der Waals surface area contributed by atoms with Gasteiger partial charge in [0.15, 0.2) is 0 Å². The number of nitrogens with one attached hydrogen (secondary N) is 1. The molecule has 1 aliphatic carbocycles. The first-order chi connectivity index (χ1) is 10.2. The molecule has 3 nitrogen and oxygen atoms in total. The van der Waals surface area contributed by atoms with Crippen LogP contribution in [-0.4, -0.2) is 42.8 Å². The number of hydrogen-bond acceptors (Lipinski definition) is 3. The molecule has 0 spiro atoms. The molecule has 1 aromatic carbocycles. The largest absolute Gasteiger partial charge is 0.393 e. The van der Waals surface area contributed by atoms with Gasteiger partial charge in [0.1, 0.15) is 5.82 Å². The zero-order chi connectivity index (χ0) is 14.8. The Morgan fingerprint density at radius 1 is 1.38 bits per heavy atom. The maximum Gasteiger partial charge on any atom is 0.123 e. The quantitative estimate of drug-likeness (QED) is 0.873. The summed E-state index contributed by atoms with van der Waals surface area (Å²) in [5.41, 5.74) is 1.01. The number of nitrogens with zero attached hydrogens (tertiary/aromatic N) is 1. The van der Waals surface area contributed by atoms with E-state index in [1.807, 2.05) is 13.1 Å². The molecule has 0 bridgehead atoms. The molecule has 1 saturated carbocycles. The van der Waals surface area contributed by atoms with Crippen molar-refractivity contribution in [1.82, 2.24) is 10.2 Å². The fraction of sp³-hybridized carbons (Fsp3) is 0.647. The monoisotopic (exact) mass is 292 g/mol. The molecule has 2 aliphatic rings. The third-order valence-corrected chi connectivity index (χ3v) is 5.23. The Hall–Kier alpha value is -0.970. The van der Waals surface area contributed by atoms with Crippen LogP contribution in [0.3, 0.4) is 0 Å². The first-order valence-corrected chi connectivity index (χ1v) is 8.00. The molecule has 4 heteroatoms. The van der Waals surface area contributed by atoms with E-state index in [2.05, 4.69) is 10.2 Å². The number of aliphatic hydroxyl groups excluding tert-OH is 1. The van der Waals surface area contributed by atoms with Crippen molar-refractivity contribution < 1.29 is 9.50 Å². The maximum atomic E-state index is 13.3. The average Bonchev–Trinajstić information content (AvgIpc) is 3.02. The molecular weight excluding hydrogens is 267 g/mol. The highest BCUT2D eigenvalue weighted by Crippen LogP contribution is 2.38. The summed E-state index contributed by atoms with van der Waals surface area (Å²) in [4.78, 5) is 2.46. The van der Waals surface area contributed by atoms with E-state index >= 15 is 0 Å². The van der Waals surface area contributed by atoms with Crippen LogP contribution in [0.2, 0.25) is 0 Å². The van der Waals surface area contributed by atoms with Crippen molar-refractivity contribution in [3.63, 3.8) is 0 Å². The molecule has 1 aromatic rings. The fourth-order valence-corrected chi connectivity index (χ4v) is 4.02. The molecule has 2 N–H and O–H groups in total. The van der Waals surface area contributed by atoms with Crippen molar-refractivity contribution in [2.24, 2.45) is 11.8 Å². The minimum absolute atomic E-state index is 0.0942. The van der Waals surface area contributed by atoms with Gasteiger partial charge in [-0.05, 0) is 56.5 Å². The van der Waals surface area contributed by atoms with Crippen molar-refractivity contribution in [1.29, 1.82) is 0 Å². The molecule has 0 amide bonds. The number of halogens is 1. The predicted octanol–water partition coefficient (Wildman–Crippen LogP) is 2.18. The van der Waals surface area contributed by atoms with Gasteiger partial charge >= 0.3 is 0 Å². The number of hydrogen-bond donors (Lipinski definition) is 2. The van der Waals surface area contributed by atoms with Crippen LogP contribution in [0.1, 0.15) is 30.9 Å². The highest BCUT2D eigenvalue weighted by atomic mass is 19.1. The van der Waals surface area contributed by atoms with Gasteiger partial charge in [-0.15, -0.1) is 0 Å². The highest BCUT2D eigenvalue weighted by Gasteiger charge is 2.41. The van der Waals surface area contributed by atoms with E-state index in [0.717, 1.165) is 38.0 Å². The second-order valence-electron chi connectivity index (χ2n) is 6.51. The minimum atomic E-state index is -0.174. The summed E-state index contributed by atoms with van der Waals surface area (Å²) < 4.78 is 13.3. The van der Waals surface area contributed by atoms with Gasteiger partial charge in [0.05, 0.1) is 6.10 Å². The molecule has 1 aliphatic heterocycles. The van der Waals surface area contributed by atoms with Crippen molar-refractivity contribution in [3.8, 4) is 0 Å². The maximum absolute atomic E-state index is 13.3. The van der Waals surface area contributed by atoms with Crippen molar-refractivity contribution >= 4 is 0 Å². The van der Waals surface area contributed by atoms with Crippen molar-refractivity contribution in [2.75, 3.05) is 26.7 Å². The summed E-state index contributed by atoms with van der Waals surface area (Å²) in [6.07, 6.45) is 3.02. The average molecular weight is 292 g/mol. The van der Waals surface area contributed by atoms with Gasteiger partial charge < -0.3 is 15.3 Å². The van der Waals surface area contributed by atoms with Crippen molar-refractivity contribution in [3.05, 3.63) is 35.6 Å². The molecule has 116 valence electrons. The van der Waals surface area contributed by atoms with Crippen LogP contribution in [0.15, 0.2) is 24.3 Å². The van der Waals surface area contributed by atoms with E-state index < -0.39 is 0 Å². The number of fused-ring (bicyclic) bond motifs is 1.